The van der Waals surface area contributed by atoms with E-state index in [1.54, 1.807) is 11.3 Å². The van der Waals surface area contributed by atoms with Crippen LogP contribution >= 0.6 is 11.3 Å². The maximum atomic E-state index is 4.70. The van der Waals surface area contributed by atoms with Gasteiger partial charge in [-0.05, 0) is 13.0 Å². The molecule has 0 saturated heterocycles. The van der Waals surface area contributed by atoms with Gasteiger partial charge in [0.25, 0.3) is 0 Å². The van der Waals surface area contributed by atoms with Gasteiger partial charge in [0.15, 0.2) is 5.82 Å². The predicted molar refractivity (Wildman–Crippen MR) is 85.7 cm³/mol. The predicted octanol–water partition coefficient (Wildman–Crippen LogP) is 1.86. The molecule has 22 heavy (non-hydrogen) atoms. The van der Waals surface area contributed by atoms with Crippen molar-refractivity contribution < 1.29 is 0 Å². The number of imidazole rings is 1. The fourth-order valence-corrected chi connectivity index (χ4v) is 3.58. The Morgan fingerprint density at radius 3 is 3.14 bits per heavy atom. The van der Waals surface area contributed by atoms with Gasteiger partial charge in [-0.2, -0.15) is 5.10 Å². The van der Waals surface area contributed by atoms with Crippen LogP contribution in [0.1, 0.15) is 16.3 Å². The molecule has 0 fully saturated rings. The molecule has 6 nitrogen and oxygen atoms in total. The van der Waals surface area contributed by atoms with Crippen LogP contribution in [0.15, 0.2) is 24.0 Å². The van der Waals surface area contributed by atoms with Crippen molar-refractivity contribution in [1.29, 1.82) is 0 Å². The molecule has 4 rings (SSSR count). The van der Waals surface area contributed by atoms with E-state index in [9.17, 15) is 0 Å². The van der Waals surface area contributed by atoms with Gasteiger partial charge in [0.1, 0.15) is 5.69 Å². The standard InChI is InChI=1S/C15H18N6S/c1-11-14(22-10-18-11)2-5-20-6-4-17-15(20)13-8-12-9-16-3-7-21(12)19-13/h4,6,8,10,16H,2-3,5,7,9H2,1H3. The zero-order valence-electron chi connectivity index (χ0n) is 12.5. The van der Waals surface area contributed by atoms with Crippen LogP contribution in [-0.4, -0.2) is 30.9 Å². The Labute approximate surface area is 132 Å². The molecule has 0 saturated carbocycles. The second kappa shape index (κ2) is 5.66. The first-order valence-electron chi connectivity index (χ1n) is 7.49. The third-order valence-electron chi connectivity index (χ3n) is 4.04. The lowest BCUT2D eigenvalue weighted by molar-refractivity contribution is 0.476. The SMILES string of the molecule is Cc1ncsc1CCn1ccnc1-c1cc2n(n1)CCNC2. The number of rotatable bonds is 4. The molecule has 0 unspecified atom stereocenters. The Balaban J connectivity index is 1.57. The second-order valence-corrected chi connectivity index (χ2v) is 6.42. The van der Waals surface area contributed by atoms with E-state index >= 15 is 0 Å². The number of hydrogen-bond acceptors (Lipinski definition) is 5. The Hall–Kier alpha value is -1.99. The van der Waals surface area contributed by atoms with Crippen molar-refractivity contribution in [2.75, 3.05) is 6.54 Å². The third kappa shape index (κ3) is 2.46. The molecular formula is C15H18N6S. The number of aryl methyl sites for hydroxylation is 3. The molecule has 1 N–H and O–H groups in total. The van der Waals surface area contributed by atoms with Crippen molar-refractivity contribution in [3.63, 3.8) is 0 Å². The summed E-state index contributed by atoms with van der Waals surface area (Å²) in [7, 11) is 0. The highest BCUT2D eigenvalue weighted by Gasteiger charge is 2.16. The molecule has 3 aromatic rings. The van der Waals surface area contributed by atoms with E-state index in [-0.39, 0.29) is 0 Å². The number of fused-ring (bicyclic) bond motifs is 1. The number of nitrogens with zero attached hydrogens (tertiary/aromatic N) is 5. The summed E-state index contributed by atoms with van der Waals surface area (Å²) in [5, 5.41) is 8.07. The first-order valence-corrected chi connectivity index (χ1v) is 8.37. The molecule has 0 spiro atoms. The van der Waals surface area contributed by atoms with Crippen molar-refractivity contribution >= 4 is 11.3 Å². The van der Waals surface area contributed by atoms with Gasteiger partial charge >= 0.3 is 0 Å². The minimum atomic E-state index is 0.883. The first-order chi connectivity index (χ1) is 10.8. The van der Waals surface area contributed by atoms with Crippen LogP contribution in [0, 0.1) is 6.92 Å². The quantitative estimate of drug-likeness (QED) is 0.798. The van der Waals surface area contributed by atoms with E-state index in [1.807, 2.05) is 17.9 Å². The summed E-state index contributed by atoms with van der Waals surface area (Å²) in [6.07, 6.45) is 4.86. The van der Waals surface area contributed by atoms with Crippen molar-refractivity contribution in [2.24, 2.45) is 0 Å². The molecule has 0 bridgehead atoms. The van der Waals surface area contributed by atoms with Gasteiger partial charge in [-0.15, -0.1) is 11.3 Å². The minimum Gasteiger partial charge on any atom is -0.329 e. The van der Waals surface area contributed by atoms with Gasteiger partial charge in [-0.25, -0.2) is 9.97 Å². The molecular weight excluding hydrogens is 296 g/mol. The molecule has 0 radical (unpaired) electrons. The lowest BCUT2D eigenvalue weighted by atomic mass is 10.3. The normalized spacial score (nSPS) is 14.2. The zero-order chi connectivity index (χ0) is 14.9. The summed E-state index contributed by atoms with van der Waals surface area (Å²) in [6.45, 7) is 5.76. The third-order valence-corrected chi connectivity index (χ3v) is 5.03. The molecule has 1 aliphatic heterocycles. The Morgan fingerprint density at radius 2 is 2.32 bits per heavy atom. The van der Waals surface area contributed by atoms with Crippen LogP contribution in [-0.2, 0) is 26.1 Å². The highest BCUT2D eigenvalue weighted by atomic mass is 32.1. The lowest BCUT2D eigenvalue weighted by Gasteiger charge is -2.13. The Kier molecular flexibility index (Phi) is 3.51. The maximum absolute atomic E-state index is 4.70. The molecule has 0 amide bonds. The van der Waals surface area contributed by atoms with Crippen LogP contribution in [0.4, 0.5) is 0 Å². The number of thiazole rings is 1. The van der Waals surface area contributed by atoms with E-state index < -0.39 is 0 Å². The van der Waals surface area contributed by atoms with E-state index in [2.05, 4.69) is 37.5 Å². The molecule has 7 heteroatoms. The Morgan fingerprint density at radius 1 is 1.36 bits per heavy atom. The lowest BCUT2D eigenvalue weighted by Crippen LogP contribution is -2.28. The largest absolute Gasteiger partial charge is 0.329 e. The smallest absolute Gasteiger partial charge is 0.160 e. The summed E-state index contributed by atoms with van der Waals surface area (Å²) in [6, 6.07) is 2.14. The summed E-state index contributed by atoms with van der Waals surface area (Å²) >= 11 is 1.72. The zero-order valence-corrected chi connectivity index (χ0v) is 13.3. The molecule has 1 aliphatic rings. The number of nitrogens with one attached hydrogen (secondary N) is 1. The van der Waals surface area contributed by atoms with Gasteiger partial charge in [-0.1, -0.05) is 0 Å². The van der Waals surface area contributed by atoms with Crippen molar-refractivity contribution in [1.82, 2.24) is 29.6 Å². The van der Waals surface area contributed by atoms with E-state index in [1.165, 1.54) is 10.6 Å². The topological polar surface area (TPSA) is 60.6 Å². The van der Waals surface area contributed by atoms with Crippen LogP contribution in [0.5, 0.6) is 0 Å². The maximum Gasteiger partial charge on any atom is 0.160 e. The highest BCUT2D eigenvalue weighted by molar-refractivity contribution is 7.09. The molecule has 3 aromatic heterocycles. The van der Waals surface area contributed by atoms with Gasteiger partial charge < -0.3 is 9.88 Å². The van der Waals surface area contributed by atoms with Gasteiger partial charge in [-0.3, -0.25) is 4.68 Å². The number of aromatic nitrogens is 5. The first kappa shape index (κ1) is 13.7. The van der Waals surface area contributed by atoms with Crippen LogP contribution in [0.3, 0.4) is 0 Å². The fraction of sp³-hybridized carbons (Fsp3) is 0.400. The molecule has 0 aromatic carbocycles. The van der Waals surface area contributed by atoms with Crippen LogP contribution in [0.2, 0.25) is 0 Å². The van der Waals surface area contributed by atoms with E-state index in [0.29, 0.717) is 0 Å². The molecule has 4 heterocycles. The summed E-state index contributed by atoms with van der Waals surface area (Å²) < 4.78 is 4.26. The van der Waals surface area contributed by atoms with E-state index in [0.717, 1.165) is 49.8 Å². The molecule has 0 aliphatic carbocycles. The minimum absolute atomic E-state index is 0.883. The van der Waals surface area contributed by atoms with Crippen molar-refractivity contribution in [3.8, 4) is 11.5 Å². The fourth-order valence-electron chi connectivity index (χ4n) is 2.81. The highest BCUT2D eigenvalue weighted by Crippen LogP contribution is 2.20. The monoisotopic (exact) mass is 314 g/mol. The Bertz CT molecular complexity index is 760. The van der Waals surface area contributed by atoms with Gasteiger partial charge in [0.05, 0.1) is 23.4 Å². The molecule has 0 atom stereocenters. The van der Waals surface area contributed by atoms with Crippen LogP contribution in [0.25, 0.3) is 11.5 Å². The average Bonchev–Trinajstić information content (AvgIpc) is 3.23. The summed E-state index contributed by atoms with van der Waals surface area (Å²) in [4.78, 5) is 10.2. The van der Waals surface area contributed by atoms with Gasteiger partial charge in [0, 0.05) is 43.3 Å². The second-order valence-electron chi connectivity index (χ2n) is 5.48. The van der Waals surface area contributed by atoms with Crippen LogP contribution < -0.4 is 5.32 Å². The van der Waals surface area contributed by atoms with Crippen molar-refractivity contribution in [2.45, 2.75) is 33.0 Å². The molecule has 114 valence electrons. The average molecular weight is 314 g/mol. The van der Waals surface area contributed by atoms with E-state index in [4.69, 9.17) is 5.10 Å². The summed E-state index contributed by atoms with van der Waals surface area (Å²) in [5.74, 6) is 0.948. The summed E-state index contributed by atoms with van der Waals surface area (Å²) in [5.41, 5.74) is 5.24. The number of hydrogen-bond donors (Lipinski definition) is 1. The van der Waals surface area contributed by atoms with Crippen molar-refractivity contribution in [3.05, 3.63) is 40.2 Å². The van der Waals surface area contributed by atoms with Gasteiger partial charge in [0.2, 0.25) is 0 Å².